The fourth-order valence-electron chi connectivity index (χ4n) is 4.16. The van der Waals surface area contributed by atoms with E-state index in [2.05, 4.69) is 47.7 Å². The first-order chi connectivity index (χ1) is 13.0. The summed E-state index contributed by atoms with van der Waals surface area (Å²) in [6.07, 6.45) is 4.12. The molecule has 0 unspecified atom stereocenters. The lowest BCUT2D eigenvalue weighted by atomic mass is 10.0. The first kappa shape index (κ1) is 17.8. The Labute approximate surface area is 161 Å². The zero-order chi connectivity index (χ0) is 19.0. The second-order valence-corrected chi connectivity index (χ2v) is 8.34. The molecular formula is C22H28N4O. The van der Waals surface area contributed by atoms with Crippen molar-refractivity contribution in [1.82, 2.24) is 4.98 Å². The molecule has 1 aromatic carbocycles. The molecule has 0 bridgehead atoms. The van der Waals surface area contributed by atoms with E-state index in [9.17, 15) is 4.79 Å². The standard InChI is InChI=1S/C22H28N4O/c1-22(2,3)26-16-15-25(18-10-4-5-11-19(18)26)21(27)17-9-8-12-23-20(17)24-13-6-7-14-24/h4-5,8-12H,6-7,13-16H2,1-3H3. The lowest BCUT2D eigenvalue weighted by Crippen LogP contribution is -2.51. The Balaban J connectivity index is 1.71. The van der Waals surface area contributed by atoms with E-state index in [0.29, 0.717) is 12.1 Å². The van der Waals surface area contributed by atoms with E-state index in [0.717, 1.165) is 49.7 Å². The highest BCUT2D eigenvalue weighted by Crippen LogP contribution is 2.38. The van der Waals surface area contributed by atoms with Crippen LogP contribution >= 0.6 is 0 Å². The molecule has 0 aliphatic carbocycles. The van der Waals surface area contributed by atoms with Crippen LogP contribution in [0.25, 0.3) is 0 Å². The maximum Gasteiger partial charge on any atom is 0.262 e. The monoisotopic (exact) mass is 364 g/mol. The highest BCUT2D eigenvalue weighted by Gasteiger charge is 2.33. The molecule has 2 aliphatic heterocycles. The number of fused-ring (bicyclic) bond motifs is 1. The lowest BCUT2D eigenvalue weighted by Gasteiger charge is -2.45. The highest BCUT2D eigenvalue weighted by molar-refractivity contribution is 6.11. The minimum Gasteiger partial charge on any atom is -0.363 e. The molecule has 1 amide bonds. The topological polar surface area (TPSA) is 39.7 Å². The molecule has 0 radical (unpaired) electrons. The van der Waals surface area contributed by atoms with Crippen LogP contribution < -0.4 is 14.7 Å². The van der Waals surface area contributed by atoms with Crippen LogP contribution in [0.4, 0.5) is 17.2 Å². The van der Waals surface area contributed by atoms with Crippen LogP contribution in [0.2, 0.25) is 0 Å². The summed E-state index contributed by atoms with van der Waals surface area (Å²) in [5.74, 6) is 0.877. The lowest BCUT2D eigenvalue weighted by molar-refractivity contribution is 0.0986. The van der Waals surface area contributed by atoms with E-state index >= 15 is 0 Å². The van der Waals surface area contributed by atoms with Gasteiger partial charge in [-0.25, -0.2) is 4.98 Å². The SMILES string of the molecule is CC(C)(C)N1CCN(C(=O)c2cccnc2N2CCCC2)c2ccccc21. The molecule has 1 saturated heterocycles. The van der Waals surface area contributed by atoms with Gasteiger partial charge in [0.15, 0.2) is 0 Å². The van der Waals surface area contributed by atoms with Crippen LogP contribution in [-0.2, 0) is 0 Å². The second-order valence-electron chi connectivity index (χ2n) is 8.34. The van der Waals surface area contributed by atoms with E-state index < -0.39 is 0 Å². The van der Waals surface area contributed by atoms with E-state index in [-0.39, 0.29) is 11.4 Å². The molecule has 0 spiro atoms. The molecule has 0 N–H and O–H groups in total. The molecule has 27 heavy (non-hydrogen) atoms. The summed E-state index contributed by atoms with van der Waals surface area (Å²) in [6.45, 7) is 10.1. The summed E-state index contributed by atoms with van der Waals surface area (Å²) in [5.41, 5.74) is 2.83. The third kappa shape index (κ3) is 3.27. The van der Waals surface area contributed by atoms with Crippen molar-refractivity contribution < 1.29 is 4.79 Å². The molecule has 142 valence electrons. The normalized spacial score (nSPS) is 17.2. The molecule has 2 aliphatic rings. The molecule has 0 atom stereocenters. The molecule has 3 heterocycles. The van der Waals surface area contributed by atoms with Crippen molar-refractivity contribution in [3.8, 4) is 0 Å². The van der Waals surface area contributed by atoms with E-state index in [4.69, 9.17) is 0 Å². The van der Waals surface area contributed by atoms with Gasteiger partial charge < -0.3 is 14.7 Å². The second kappa shape index (κ2) is 6.87. The molecule has 1 aromatic heterocycles. The zero-order valence-electron chi connectivity index (χ0n) is 16.5. The van der Waals surface area contributed by atoms with Gasteiger partial charge in [0, 0.05) is 37.9 Å². The van der Waals surface area contributed by atoms with Gasteiger partial charge in [0.05, 0.1) is 16.9 Å². The molecule has 5 heteroatoms. The third-order valence-corrected chi connectivity index (χ3v) is 5.49. The van der Waals surface area contributed by atoms with Crippen LogP contribution in [0, 0.1) is 0 Å². The van der Waals surface area contributed by atoms with Crippen molar-refractivity contribution in [3.63, 3.8) is 0 Å². The van der Waals surface area contributed by atoms with Gasteiger partial charge >= 0.3 is 0 Å². The fraction of sp³-hybridized carbons (Fsp3) is 0.455. The average molecular weight is 364 g/mol. The Bertz CT molecular complexity index is 836. The number of hydrogen-bond acceptors (Lipinski definition) is 4. The summed E-state index contributed by atoms with van der Waals surface area (Å²) in [6, 6.07) is 12.0. The number of pyridine rings is 1. The van der Waals surface area contributed by atoms with Crippen molar-refractivity contribution in [2.24, 2.45) is 0 Å². The van der Waals surface area contributed by atoms with Gasteiger partial charge in [-0.15, -0.1) is 0 Å². The minimum absolute atomic E-state index is 0.0141. The van der Waals surface area contributed by atoms with E-state index in [1.807, 2.05) is 29.2 Å². The van der Waals surface area contributed by atoms with E-state index in [1.54, 1.807) is 6.20 Å². The Kier molecular flexibility index (Phi) is 4.54. The number of amides is 1. The van der Waals surface area contributed by atoms with Crippen molar-refractivity contribution in [2.75, 3.05) is 40.9 Å². The smallest absolute Gasteiger partial charge is 0.262 e. The summed E-state index contributed by atoms with van der Waals surface area (Å²) < 4.78 is 0. The van der Waals surface area contributed by atoms with Gasteiger partial charge in [0.25, 0.3) is 5.91 Å². The van der Waals surface area contributed by atoms with Crippen molar-refractivity contribution in [3.05, 3.63) is 48.2 Å². The largest absolute Gasteiger partial charge is 0.363 e. The Morgan fingerprint density at radius 2 is 1.63 bits per heavy atom. The van der Waals surface area contributed by atoms with Gasteiger partial charge in [0.2, 0.25) is 0 Å². The number of hydrogen-bond donors (Lipinski definition) is 0. The van der Waals surface area contributed by atoms with E-state index in [1.165, 1.54) is 0 Å². The van der Waals surface area contributed by atoms with Gasteiger partial charge in [-0.3, -0.25) is 4.79 Å². The molecule has 1 fully saturated rings. The van der Waals surface area contributed by atoms with Gasteiger partial charge in [0.1, 0.15) is 5.82 Å². The van der Waals surface area contributed by atoms with Crippen LogP contribution in [0.3, 0.4) is 0 Å². The highest BCUT2D eigenvalue weighted by atomic mass is 16.2. The molecule has 4 rings (SSSR count). The summed E-state index contributed by atoms with van der Waals surface area (Å²) in [7, 11) is 0. The van der Waals surface area contributed by atoms with Gasteiger partial charge in [-0.05, 0) is 57.9 Å². The van der Waals surface area contributed by atoms with Crippen molar-refractivity contribution in [2.45, 2.75) is 39.2 Å². The quantitative estimate of drug-likeness (QED) is 0.809. The Hall–Kier alpha value is -2.56. The molecule has 0 saturated carbocycles. The first-order valence-electron chi connectivity index (χ1n) is 9.85. The van der Waals surface area contributed by atoms with Crippen LogP contribution in [0.1, 0.15) is 44.0 Å². The predicted molar refractivity (Wildman–Crippen MR) is 111 cm³/mol. The number of para-hydroxylation sites is 2. The number of rotatable bonds is 2. The van der Waals surface area contributed by atoms with Gasteiger partial charge in [-0.1, -0.05) is 12.1 Å². The maximum absolute atomic E-state index is 13.5. The summed E-state index contributed by atoms with van der Waals surface area (Å²) in [4.78, 5) is 24.6. The summed E-state index contributed by atoms with van der Waals surface area (Å²) >= 11 is 0. The number of nitrogens with zero attached hydrogens (tertiary/aromatic N) is 4. The number of carbonyl (C=O) groups excluding carboxylic acids is 1. The van der Waals surface area contributed by atoms with Crippen molar-refractivity contribution in [1.29, 1.82) is 0 Å². The molecule has 2 aromatic rings. The fourth-order valence-corrected chi connectivity index (χ4v) is 4.16. The number of carbonyl (C=O) groups is 1. The first-order valence-corrected chi connectivity index (χ1v) is 9.85. The Morgan fingerprint density at radius 1 is 0.926 bits per heavy atom. The van der Waals surface area contributed by atoms with Crippen LogP contribution in [-0.4, -0.2) is 42.6 Å². The average Bonchev–Trinajstić information content (AvgIpc) is 3.20. The number of benzene rings is 1. The van der Waals surface area contributed by atoms with Gasteiger partial charge in [-0.2, -0.15) is 0 Å². The maximum atomic E-state index is 13.5. The Morgan fingerprint density at radius 3 is 2.33 bits per heavy atom. The molecular weight excluding hydrogens is 336 g/mol. The minimum atomic E-state index is 0.0141. The number of aromatic nitrogens is 1. The van der Waals surface area contributed by atoms with Crippen LogP contribution in [0.5, 0.6) is 0 Å². The summed E-state index contributed by atoms with van der Waals surface area (Å²) in [5, 5.41) is 0. The zero-order valence-corrected chi connectivity index (χ0v) is 16.5. The van der Waals surface area contributed by atoms with Crippen LogP contribution in [0.15, 0.2) is 42.6 Å². The molecule has 5 nitrogen and oxygen atoms in total. The third-order valence-electron chi connectivity index (χ3n) is 5.49. The van der Waals surface area contributed by atoms with Crippen molar-refractivity contribution >= 4 is 23.1 Å². The number of anilines is 3. The predicted octanol–water partition coefficient (Wildman–Crippen LogP) is 3.95.